The summed E-state index contributed by atoms with van der Waals surface area (Å²) in [5, 5.41) is 4.00. The van der Waals surface area contributed by atoms with Gasteiger partial charge in [-0.05, 0) is 48.4 Å². The summed E-state index contributed by atoms with van der Waals surface area (Å²) in [5.74, 6) is 0.720. The first-order valence-electron chi connectivity index (χ1n) is 6.90. The number of nitrogens with zero attached hydrogens (tertiary/aromatic N) is 1. The summed E-state index contributed by atoms with van der Waals surface area (Å²) in [6.07, 6.45) is 2.78. The maximum Gasteiger partial charge on any atom is 0.271 e. The molecule has 106 valence electrons. The Kier molecular flexibility index (Phi) is 3.69. The van der Waals surface area contributed by atoms with Crippen molar-refractivity contribution in [3.63, 3.8) is 0 Å². The Balaban J connectivity index is 1.65. The number of ether oxygens (including phenoxy) is 1. The van der Waals surface area contributed by atoms with E-state index >= 15 is 0 Å². The smallest absolute Gasteiger partial charge is 0.271 e. The van der Waals surface area contributed by atoms with Crippen molar-refractivity contribution in [1.29, 1.82) is 0 Å². The van der Waals surface area contributed by atoms with Crippen LogP contribution in [0.4, 0.5) is 0 Å². The van der Waals surface area contributed by atoms with Gasteiger partial charge in [0.05, 0.1) is 6.21 Å². The Bertz CT molecular complexity index is 680. The largest absolute Gasteiger partial charge is 0.490 e. The average Bonchev–Trinajstić information content (AvgIpc) is 2.87. The number of fused-ring (bicyclic) bond motifs is 1. The predicted molar refractivity (Wildman–Crippen MR) is 81.7 cm³/mol. The van der Waals surface area contributed by atoms with Gasteiger partial charge in [0.1, 0.15) is 11.9 Å². The van der Waals surface area contributed by atoms with Crippen molar-refractivity contribution < 1.29 is 9.53 Å². The van der Waals surface area contributed by atoms with E-state index in [1.807, 2.05) is 43.3 Å². The van der Waals surface area contributed by atoms with Crippen molar-refractivity contribution in [2.45, 2.75) is 19.4 Å². The molecule has 0 spiro atoms. The fourth-order valence-electron chi connectivity index (χ4n) is 2.34. The van der Waals surface area contributed by atoms with Gasteiger partial charge in [0.25, 0.3) is 5.91 Å². The maximum atomic E-state index is 11.8. The molecule has 0 saturated heterocycles. The molecule has 2 aromatic rings. The van der Waals surface area contributed by atoms with Gasteiger partial charge in [-0.3, -0.25) is 4.79 Å². The second kappa shape index (κ2) is 5.79. The standard InChI is InChI=1S/C17H16N2O2/c1-12-9-15-10-13(7-8-16(15)21-12)11-18-19-17(20)14-5-3-2-4-6-14/h2-8,10-12H,9H2,1H3,(H,19,20)/b18-11+/t12-/m1/s1. The molecule has 1 amide bonds. The van der Waals surface area contributed by atoms with Crippen molar-refractivity contribution in [3.05, 3.63) is 65.2 Å². The van der Waals surface area contributed by atoms with E-state index in [2.05, 4.69) is 10.5 Å². The molecule has 0 unspecified atom stereocenters. The number of rotatable bonds is 3. The lowest BCUT2D eigenvalue weighted by molar-refractivity contribution is 0.0955. The van der Waals surface area contributed by atoms with E-state index in [1.165, 1.54) is 5.56 Å². The van der Waals surface area contributed by atoms with Crippen molar-refractivity contribution >= 4 is 12.1 Å². The second-order valence-corrected chi connectivity index (χ2v) is 5.06. The molecule has 3 rings (SSSR count). The molecule has 0 bridgehead atoms. The minimum atomic E-state index is -0.218. The van der Waals surface area contributed by atoms with E-state index in [9.17, 15) is 4.79 Å². The topological polar surface area (TPSA) is 50.7 Å². The highest BCUT2D eigenvalue weighted by atomic mass is 16.5. The van der Waals surface area contributed by atoms with E-state index in [-0.39, 0.29) is 12.0 Å². The van der Waals surface area contributed by atoms with Crippen LogP contribution in [0.1, 0.15) is 28.4 Å². The third-order valence-electron chi connectivity index (χ3n) is 3.34. The third-order valence-corrected chi connectivity index (χ3v) is 3.34. The molecule has 2 aromatic carbocycles. The van der Waals surface area contributed by atoms with E-state index in [1.54, 1.807) is 18.3 Å². The van der Waals surface area contributed by atoms with Crippen molar-refractivity contribution in [3.8, 4) is 5.75 Å². The molecule has 1 aliphatic heterocycles. The van der Waals surface area contributed by atoms with Crippen LogP contribution in [0, 0.1) is 0 Å². The molecular formula is C17H16N2O2. The molecule has 1 N–H and O–H groups in total. The van der Waals surface area contributed by atoms with Gasteiger partial charge in [0, 0.05) is 12.0 Å². The fraction of sp³-hybridized carbons (Fsp3) is 0.176. The average molecular weight is 280 g/mol. The Morgan fingerprint density at radius 3 is 2.90 bits per heavy atom. The number of carbonyl (C=O) groups is 1. The molecule has 0 aromatic heterocycles. The molecule has 0 saturated carbocycles. The summed E-state index contributed by atoms with van der Waals surface area (Å²) in [5.41, 5.74) is 5.24. The fourth-order valence-corrected chi connectivity index (χ4v) is 2.34. The summed E-state index contributed by atoms with van der Waals surface area (Å²) in [6, 6.07) is 14.9. The summed E-state index contributed by atoms with van der Waals surface area (Å²) < 4.78 is 5.65. The number of hydrogen-bond donors (Lipinski definition) is 1. The van der Waals surface area contributed by atoms with Gasteiger partial charge in [0.15, 0.2) is 0 Å². The Hall–Kier alpha value is -2.62. The zero-order chi connectivity index (χ0) is 14.7. The van der Waals surface area contributed by atoms with Crippen molar-refractivity contribution in [2.24, 2.45) is 5.10 Å². The van der Waals surface area contributed by atoms with Crippen LogP contribution in [-0.2, 0) is 6.42 Å². The highest BCUT2D eigenvalue weighted by Gasteiger charge is 2.18. The first-order chi connectivity index (χ1) is 10.2. The van der Waals surface area contributed by atoms with Crippen LogP contribution in [0.15, 0.2) is 53.6 Å². The first-order valence-corrected chi connectivity index (χ1v) is 6.90. The number of hydrogen-bond acceptors (Lipinski definition) is 3. The van der Waals surface area contributed by atoms with Crippen LogP contribution >= 0.6 is 0 Å². The van der Waals surface area contributed by atoms with Gasteiger partial charge in [-0.25, -0.2) is 5.43 Å². The minimum Gasteiger partial charge on any atom is -0.490 e. The zero-order valence-electron chi connectivity index (χ0n) is 11.7. The van der Waals surface area contributed by atoms with E-state index < -0.39 is 0 Å². The van der Waals surface area contributed by atoms with Gasteiger partial charge in [-0.2, -0.15) is 5.10 Å². The molecule has 0 aliphatic carbocycles. The number of hydrazone groups is 1. The quantitative estimate of drug-likeness (QED) is 0.694. The van der Waals surface area contributed by atoms with Crippen LogP contribution in [-0.4, -0.2) is 18.2 Å². The molecule has 4 nitrogen and oxygen atoms in total. The van der Waals surface area contributed by atoms with Crippen molar-refractivity contribution in [1.82, 2.24) is 5.43 Å². The Morgan fingerprint density at radius 1 is 1.29 bits per heavy atom. The van der Waals surface area contributed by atoms with E-state index in [0.717, 1.165) is 17.7 Å². The monoisotopic (exact) mass is 280 g/mol. The van der Waals surface area contributed by atoms with Crippen LogP contribution in [0.2, 0.25) is 0 Å². The number of amides is 1. The SMILES string of the molecule is C[C@@H]1Cc2cc(/C=N/NC(=O)c3ccccc3)ccc2O1. The van der Waals surface area contributed by atoms with Crippen LogP contribution in [0.3, 0.4) is 0 Å². The Labute approximate surface area is 123 Å². The summed E-state index contributed by atoms with van der Waals surface area (Å²) in [6.45, 7) is 2.05. The summed E-state index contributed by atoms with van der Waals surface area (Å²) in [7, 11) is 0. The van der Waals surface area contributed by atoms with Crippen LogP contribution < -0.4 is 10.2 Å². The zero-order valence-corrected chi connectivity index (χ0v) is 11.7. The summed E-state index contributed by atoms with van der Waals surface area (Å²) in [4.78, 5) is 11.8. The molecule has 0 fully saturated rings. The number of nitrogens with one attached hydrogen (secondary N) is 1. The van der Waals surface area contributed by atoms with Gasteiger partial charge in [-0.1, -0.05) is 18.2 Å². The molecular weight excluding hydrogens is 264 g/mol. The van der Waals surface area contributed by atoms with E-state index in [0.29, 0.717) is 5.56 Å². The molecule has 21 heavy (non-hydrogen) atoms. The van der Waals surface area contributed by atoms with Gasteiger partial charge < -0.3 is 4.74 Å². The third kappa shape index (κ3) is 3.11. The van der Waals surface area contributed by atoms with Crippen LogP contribution in [0.25, 0.3) is 0 Å². The molecule has 4 heteroatoms. The minimum absolute atomic E-state index is 0.218. The lowest BCUT2D eigenvalue weighted by atomic mass is 10.1. The normalized spacial score (nSPS) is 16.5. The number of carbonyl (C=O) groups excluding carboxylic acids is 1. The molecule has 1 heterocycles. The maximum absolute atomic E-state index is 11.8. The first kappa shape index (κ1) is 13.4. The lowest BCUT2D eigenvalue weighted by Crippen LogP contribution is -2.17. The number of benzene rings is 2. The molecule has 1 aliphatic rings. The lowest BCUT2D eigenvalue weighted by Gasteiger charge is -2.02. The Morgan fingerprint density at radius 2 is 2.10 bits per heavy atom. The van der Waals surface area contributed by atoms with Gasteiger partial charge in [0.2, 0.25) is 0 Å². The van der Waals surface area contributed by atoms with Gasteiger partial charge >= 0.3 is 0 Å². The van der Waals surface area contributed by atoms with Crippen LogP contribution in [0.5, 0.6) is 5.75 Å². The molecule has 0 radical (unpaired) electrons. The second-order valence-electron chi connectivity index (χ2n) is 5.06. The molecule has 1 atom stereocenters. The van der Waals surface area contributed by atoms with Crippen molar-refractivity contribution in [2.75, 3.05) is 0 Å². The van der Waals surface area contributed by atoms with E-state index in [4.69, 9.17) is 4.74 Å². The predicted octanol–water partition coefficient (Wildman–Crippen LogP) is 2.77. The summed E-state index contributed by atoms with van der Waals surface area (Å²) >= 11 is 0. The highest BCUT2D eigenvalue weighted by Crippen LogP contribution is 2.28. The van der Waals surface area contributed by atoms with Gasteiger partial charge in [-0.15, -0.1) is 0 Å². The highest BCUT2D eigenvalue weighted by molar-refractivity contribution is 5.94.